The highest BCUT2D eigenvalue weighted by molar-refractivity contribution is 5.93. The molecule has 39 heavy (non-hydrogen) atoms. The van der Waals surface area contributed by atoms with E-state index >= 15 is 0 Å². The zero-order valence-electron chi connectivity index (χ0n) is 22.8. The van der Waals surface area contributed by atoms with Crippen molar-refractivity contribution in [3.63, 3.8) is 0 Å². The minimum absolute atomic E-state index is 0.00543. The van der Waals surface area contributed by atoms with E-state index in [1.807, 2.05) is 13.8 Å². The van der Waals surface area contributed by atoms with E-state index in [2.05, 4.69) is 26.8 Å². The number of rotatable bonds is 7. The molecule has 0 radical (unpaired) electrons. The third kappa shape index (κ3) is 5.94. The molecular formula is C26H36F3N5O5. The Labute approximate surface area is 225 Å². The van der Waals surface area contributed by atoms with Gasteiger partial charge in [0, 0.05) is 18.0 Å². The van der Waals surface area contributed by atoms with Gasteiger partial charge in [0.05, 0.1) is 6.07 Å². The summed E-state index contributed by atoms with van der Waals surface area (Å²) >= 11 is 0. The second kappa shape index (κ2) is 9.55. The van der Waals surface area contributed by atoms with Crippen LogP contribution in [0.3, 0.4) is 0 Å². The van der Waals surface area contributed by atoms with Gasteiger partial charge in [0.25, 0.3) is 0 Å². The number of nitrogens with one attached hydrogen (secondary N) is 3. The Morgan fingerprint density at radius 3 is 2.36 bits per heavy atom. The lowest BCUT2D eigenvalue weighted by atomic mass is 9.85. The first kappa shape index (κ1) is 29.0. The molecule has 2 saturated heterocycles. The Balaban J connectivity index is 1.47. The molecule has 4 aliphatic rings. The molecule has 6 unspecified atom stereocenters. The quantitative estimate of drug-likeness (QED) is 0.440. The summed E-state index contributed by atoms with van der Waals surface area (Å²) < 4.78 is 41.8. The van der Waals surface area contributed by atoms with Crippen molar-refractivity contribution >= 4 is 23.8 Å². The molecule has 3 N–H and O–H groups in total. The van der Waals surface area contributed by atoms with Crippen LogP contribution in [-0.2, 0) is 19.1 Å². The monoisotopic (exact) mass is 555 g/mol. The molecule has 2 heterocycles. The molecule has 10 nitrogen and oxygen atoms in total. The van der Waals surface area contributed by atoms with Gasteiger partial charge in [-0.1, -0.05) is 34.6 Å². The summed E-state index contributed by atoms with van der Waals surface area (Å²) in [6.07, 6.45) is -3.52. The van der Waals surface area contributed by atoms with Crippen molar-refractivity contribution in [3.8, 4) is 6.07 Å². The second-order valence-corrected chi connectivity index (χ2v) is 13.1. The molecule has 6 atom stereocenters. The van der Waals surface area contributed by atoms with Gasteiger partial charge >= 0.3 is 12.3 Å². The Kier molecular flexibility index (Phi) is 7.09. The second-order valence-electron chi connectivity index (χ2n) is 13.1. The number of likely N-dealkylation sites (tertiary alicyclic amines) is 1. The average Bonchev–Trinajstić information content (AvgIpc) is 3.53. The molecular weight excluding hydrogens is 519 g/mol. The summed E-state index contributed by atoms with van der Waals surface area (Å²) in [5.41, 5.74) is -1.32. The van der Waals surface area contributed by atoms with Crippen molar-refractivity contribution < 1.29 is 37.1 Å². The molecule has 4 rings (SSSR count). The first-order valence-electron chi connectivity index (χ1n) is 13.2. The molecule has 4 fully saturated rings. The Morgan fingerprint density at radius 2 is 1.85 bits per heavy atom. The number of ether oxygens (including phenoxy) is 1. The first-order chi connectivity index (χ1) is 17.9. The van der Waals surface area contributed by atoms with Gasteiger partial charge in [0.15, 0.2) is 6.61 Å². The molecule has 2 aliphatic carbocycles. The van der Waals surface area contributed by atoms with Crippen LogP contribution in [0.25, 0.3) is 0 Å². The number of fused-ring (bicyclic) bond motifs is 1. The largest absolute Gasteiger partial charge is 0.440 e. The molecule has 0 aromatic carbocycles. The van der Waals surface area contributed by atoms with Gasteiger partial charge in [-0.2, -0.15) is 18.4 Å². The summed E-state index contributed by atoms with van der Waals surface area (Å²) in [5.74, 6) is -1.84. The van der Waals surface area contributed by atoms with E-state index < -0.39 is 54.2 Å². The maximum atomic E-state index is 13.7. The smallest absolute Gasteiger partial charge is 0.422 e. The van der Waals surface area contributed by atoms with Crippen LogP contribution in [0.2, 0.25) is 0 Å². The lowest BCUT2D eigenvalue weighted by Crippen LogP contribution is -2.60. The van der Waals surface area contributed by atoms with Gasteiger partial charge in [-0.05, 0) is 48.3 Å². The average molecular weight is 556 g/mol. The van der Waals surface area contributed by atoms with Gasteiger partial charge < -0.3 is 25.6 Å². The highest BCUT2D eigenvalue weighted by Gasteiger charge is 2.70. The third-order valence-corrected chi connectivity index (χ3v) is 8.74. The number of alkyl halides is 3. The van der Waals surface area contributed by atoms with Crippen molar-refractivity contribution in [2.24, 2.45) is 28.6 Å². The molecule has 4 amide bonds. The molecule has 0 bridgehead atoms. The number of hydrogen-bond acceptors (Lipinski definition) is 6. The summed E-state index contributed by atoms with van der Waals surface area (Å²) in [6, 6.07) is -1.07. The van der Waals surface area contributed by atoms with Crippen molar-refractivity contribution in [2.45, 2.75) is 90.1 Å². The van der Waals surface area contributed by atoms with E-state index in [-0.39, 0.29) is 47.6 Å². The van der Waals surface area contributed by atoms with Gasteiger partial charge in [-0.3, -0.25) is 14.4 Å². The predicted octanol–water partition coefficient (Wildman–Crippen LogP) is 2.24. The van der Waals surface area contributed by atoms with Crippen molar-refractivity contribution in [2.75, 3.05) is 13.2 Å². The summed E-state index contributed by atoms with van der Waals surface area (Å²) in [5, 5.41) is 17.7. The van der Waals surface area contributed by atoms with E-state index in [9.17, 15) is 37.6 Å². The van der Waals surface area contributed by atoms with Crippen LogP contribution in [-0.4, -0.2) is 71.7 Å². The fourth-order valence-electron chi connectivity index (χ4n) is 6.27. The molecule has 2 saturated carbocycles. The standard InChI is InChI=1S/C26H36F3N5O5/c1-23(2,3)18(32-22(38)39-12-26(27,28)29)21(37)34-11-15-16(24(15,4)5)17(34)20(36)31-14(10-30)8-13-9-25(6-7-25)33-19(13)35/h13-18H,6-9,11-12H2,1-5H3,(H,31,36)(H,32,38)(H,33,35). The van der Waals surface area contributed by atoms with E-state index in [4.69, 9.17) is 0 Å². The first-order valence-corrected chi connectivity index (χ1v) is 13.2. The van der Waals surface area contributed by atoms with Gasteiger partial charge in [0.1, 0.15) is 18.1 Å². The minimum Gasteiger partial charge on any atom is -0.440 e. The number of nitrogens with zero attached hydrogens (tertiary/aromatic N) is 2. The number of nitriles is 1. The van der Waals surface area contributed by atoms with Crippen molar-refractivity contribution in [1.29, 1.82) is 5.26 Å². The molecule has 13 heteroatoms. The van der Waals surface area contributed by atoms with Crippen LogP contribution in [0.1, 0.15) is 60.3 Å². The Morgan fingerprint density at radius 1 is 1.21 bits per heavy atom. The van der Waals surface area contributed by atoms with E-state index in [1.54, 1.807) is 20.8 Å². The Bertz CT molecular complexity index is 1090. The summed E-state index contributed by atoms with van der Waals surface area (Å²) in [6.45, 7) is 7.31. The number of hydrogen-bond donors (Lipinski definition) is 3. The molecule has 0 aromatic rings. The highest BCUT2D eigenvalue weighted by atomic mass is 19.4. The van der Waals surface area contributed by atoms with Crippen molar-refractivity contribution in [3.05, 3.63) is 0 Å². The minimum atomic E-state index is -4.72. The molecule has 216 valence electrons. The van der Waals surface area contributed by atoms with E-state index in [0.29, 0.717) is 6.42 Å². The lowest BCUT2D eigenvalue weighted by Gasteiger charge is -2.37. The maximum absolute atomic E-state index is 13.7. The fourth-order valence-corrected chi connectivity index (χ4v) is 6.27. The predicted molar refractivity (Wildman–Crippen MR) is 130 cm³/mol. The number of halogens is 3. The SMILES string of the molecule is CC(C)(C)C(NC(=O)OCC(F)(F)F)C(=O)N1CC2C(C1C(=O)NC(C#N)CC1CC3(CC3)NC1=O)C2(C)C. The number of carbonyl (C=O) groups excluding carboxylic acids is 4. The van der Waals surface area contributed by atoms with Crippen LogP contribution >= 0.6 is 0 Å². The fraction of sp³-hybridized carbons (Fsp3) is 0.808. The van der Waals surface area contributed by atoms with E-state index in [0.717, 1.165) is 12.8 Å². The van der Waals surface area contributed by atoms with Crippen LogP contribution in [0.5, 0.6) is 0 Å². The topological polar surface area (TPSA) is 141 Å². The normalized spacial score (nSPS) is 29.5. The van der Waals surface area contributed by atoms with Crippen LogP contribution in [0.15, 0.2) is 0 Å². The molecule has 1 spiro atoms. The number of carbonyl (C=O) groups is 4. The zero-order valence-corrected chi connectivity index (χ0v) is 22.8. The summed E-state index contributed by atoms with van der Waals surface area (Å²) in [4.78, 5) is 53.1. The van der Waals surface area contributed by atoms with Crippen molar-refractivity contribution in [1.82, 2.24) is 20.9 Å². The lowest BCUT2D eigenvalue weighted by molar-refractivity contribution is -0.160. The molecule has 0 aromatic heterocycles. The van der Waals surface area contributed by atoms with Gasteiger partial charge in [-0.25, -0.2) is 4.79 Å². The van der Waals surface area contributed by atoms with Gasteiger partial charge in [-0.15, -0.1) is 0 Å². The number of amides is 4. The third-order valence-electron chi connectivity index (χ3n) is 8.74. The van der Waals surface area contributed by atoms with Crippen LogP contribution in [0.4, 0.5) is 18.0 Å². The van der Waals surface area contributed by atoms with Crippen LogP contribution in [0, 0.1) is 39.9 Å². The maximum Gasteiger partial charge on any atom is 0.422 e. The summed E-state index contributed by atoms with van der Waals surface area (Å²) in [7, 11) is 0. The van der Waals surface area contributed by atoms with E-state index in [1.165, 1.54) is 4.90 Å². The number of alkyl carbamates (subject to hydrolysis) is 1. The van der Waals surface area contributed by atoms with Crippen LogP contribution < -0.4 is 16.0 Å². The number of piperidine rings is 1. The highest BCUT2D eigenvalue weighted by Crippen LogP contribution is 2.65. The zero-order chi connectivity index (χ0) is 29.1. The Hall–Kier alpha value is -3.04. The van der Waals surface area contributed by atoms with Gasteiger partial charge in [0.2, 0.25) is 17.7 Å². The molecule has 2 aliphatic heterocycles.